The second-order valence-corrected chi connectivity index (χ2v) is 7.37. The molecule has 0 radical (unpaired) electrons. The van der Waals surface area contributed by atoms with Gasteiger partial charge in [0, 0.05) is 6.42 Å². The topological polar surface area (TPSA) is 56.5 Å². The number of aliphatic hydroxyl groups excluding tert-OH is 1. The van der Waals surface area contributed by atoms with Gasteiger partial charge in [-0.25, -0.2) is 4.98 Å². The molecule has 3 aromatic carbocycles. The van der Waals surface area contributed by atoms with Crippen molar-refractivity contribution in [3.05, 3.63) is 89.7 Å². The number of para-hydroxylation sites is 2. The van der Waals surface area contributed by atoms with Gasteiger partial charge in [0.1, 0.15) is 30.0 Å². The molecule has 0 saturated heterocycles. The fourth-order valence-corrected chi connectivity index (χ4v) is 3.57. The van der Waals surface area contributed by atoms with Crippen molar-refractivity contribution < 1.29 is 14.6 Å². The molecule has 154 valence electrons. The van der Waals surface area contributed by atoms with E-state index in [1.807, 2.05) is 60.7 Å². The van der Waals surface area contributed by atoms with Crippen LogP contribution in [0.4, 0.5) is 0 Å². The van der Waals surface area contributed by atoms with Crippen LogP contribution in [0.2, 0.25) is 0 Å². The summed E-state index contributed by atoms with van der Waals surface area (Å²) in [7, 11) is 1.63. The Morgan fingerprint density at radius 1 is 0.933 bits per heavy atom. The number of aliphatic hydroxyl groups is 1. The van der Waals surface area contributed by atoms with Crippen molar-refractivity contribution in [3.8, 4) is 11.5 Å². The molecule has 4 rings (SSSR count). The molecule has 1 atom stereocenters. The highest BCUT2D eigenvalue weighted by Crippen LogP contribution is 2.21. The summed E-state index contributed by atoms with van der Waals surface area (Å²) in [6.07, 6.45) is 0.0493. The number of nitrogens with zero attached hydrogens (tertiary/aromatic N) is 2. The van der Waals surface area contributed by atoms with Crippen molar-refractivity contribution in [2.24, 2.45) is 0 Å². The predicted octanol–water partition coefficient (Wildman–Crippen LogP) is 4.38. The van der Waals surface area contributed by atoms with Crippen molar-refractivity contribution in [3.63, 3.8) is 0 Å². The Balaban J connectivity index is 1.52. The quantitative estimate of drug-likeness (QED) is 0.475. The summed E-state index contributed by atoms with van der Waals surface area (Å²) in [6, 6.07) is 23.7. The molecular formula is C25H26N2O3. The number of hydrogen-bond acceptors (Lipinski definition) is 4. The molecule has 0 aliphatic heterocycles. The van der Waals surface area contributed by atoms with E-state index in [1.165, 1.54) is 11.1 Å². The van der Waals surface area contributed by atoms with Crippen LogP contribution in [0.3, 0.4) is 0 Å². The van der Waals surface area contributed by atoms with Crippen molar-refractivity contribution >= 4 is 11.0 Å². The minimum absolute atomic E-state index is 0.197. The Bertz CT molecular complexity index is 1120. The molecule has 0 amide bonds. The first-order chi connectivity index (χ1) is 14.6. The third-order valence-corrected chi connectivity index (χ3v) is 5.24. The van der Waals surface area contributed by atoms with Gasteiger partial charge in [-0.2, -0.15) is 0 Å². The Kier molecular flexibility index (Phi) is 6.00. The summed E-state index contributed by atoms with van der Waals surface area (Å²) >= 11 is 0. The van der Waals surface area contributed by atoms with E-state index in [-0.39, 0.29) is 6.61 Å². The SMILES string of the molecule is COc1ccc(OCC(O)Cn2c(Cc3ccccc3C)nc3ccccc32)cc1. The number of fused-ring (bicyclic) bond motifs is 1. The number of hydrogen-bond donors (Lipinski definition) is 1. The summed E-state index contributed by atoms with van der Waals surface area (Å²) in [6.45, 7) is 2.72. The predicted molar refractivity (Wildman–Crippen MR) is 118 cm³/mol. The van der Waals surface area contributed by atoms with E-state index in [4.69, 9.17) is 14.5 Å². The van der Waals surface area contributed by atoms with Crippen LogP contribution in [-0.4, -0.2) is 34.5 Å². The minimum atomic E-state index is -0.666. The molecule has 0 bridgehead atoms. The van der Waals surface area contributed by atoms with Gasteiger partial charge in [-0.05, 0) is 54.4 Å². The van der Waals surface area contributed by atoms with Crippen molar-refractivity contribution in [1.29, 1.82) is 0 Å². The molecule has 30 heavy (non-hydrogen) atoms. The Morgan fingerprint density at radius 3 is 2.40 bits per heavy atom. The normalized spacial score (nSPS) is 12.1. The number of imidazole rings is 1. The number of ether oxygens (including phenoxy) is 2. The van der Waals surface area contributed by atoms with E-state index in [1.54, 1.807) is 7.11 Å². The van der Waals surface area contributed by atoms with Crippen LogP contribution in [0.25, 0.3) is 11.0 Å². The minimum Gasteiger partial charge on any atom is -0.497 e. The van der Waals surface area contributed by atoms with Gasteiger partial charge in [0.15, 0.2) is 0 Å². The highest BCUT2D eigenvalue weighted by molar-refractivity contribution is 5.76. The molecule has 5 nitrogen and oxygen atoms in total. The second-order valence-electron chi connectivity index (χ2n) is 7.37. The zero-order valence-corrected chi connectivity index (χ0v) is 17.3. The largest absolute Gasteiger partial charge is 0.497 e. The van der Waals surface area contributed by atoms with E-state index in [0.29, 0.717) is 18.7 Å². The van der Waals surface area contributed by atoms with Gasteiger partial charge in [0.05, 0.1) is 24.7 Å². The molecule has 0 fully saturated rings. The first-order valence-electron chi connectivity index (χ1n) is 10.1. The fourth-order valence-electron chi connectivity index (χ4n) is 3.57. The number of aryl methyl sites for hydroxylation is 1. The summed E-state index contributed by atoms with van der Waals surface area (Å²) in [5, 5.41) is 10.7. The number of rotatable bonds is 8. The van der Waals surface area contributed by atoms with Crippen molar-refractivity contribution in [1.82, 2.24) is 9.55 Å². The van der Waals surface area contributed by atoms with Crippen LogP contribution in [0, 0.1) is 6.92 Å². The molecule has 0 saturated carbocycles. The highest BCUT2D eigenvalue weighted by Gasteiger charge is 2.16. The third kappa shape index (κ3) is 4.47. The molecule has 1 N–H and O–H groups in total. The molecule has 1 heterocycles. The lowest BCUT2D eigenvalue weighted by Crippen LogP contribution is -2.24. The maximum absolute atomic E-state index is 10.7. The lowest BCUT2D eigenvalue weighted by atomic mass is 10.1. The maximum atomic E-state index is 10.7. The Hall–Kier alpha value is -3.31. The Morgan fingerprint density at radius 2 is 1.63 bits per heavy atom. The summed E-state index contributed by atoms with van der Waals surface area (Å²) in [5.41, 5.74) is 4.42. The first-order valence-corrected chi connectivity index (χ1v) is 10.1. The van der Waals surface area contributed by atoms with Gasteiger partial charge in [-0.1, -0.05) is 36.4 Å². The number of methoxy groups -OCH3 is 1. The highest BCUT2D eigenvalue weighted by atomic mass is 16.5. The lowest BCUT2D eigenvalue weighted by molar-refractivity contribution is 0.0928. The van der Waals surface area contributed by atoms with Gasteiger partial charge in [-0.3, -0.25) is 0 Å². The molecule has 0 spiro atoms. The average molecular weight is 402 g/mol. The molecule has 1 unspecified atom stereocenters. The standard InChI is InChI=1S/C25H26N2O3/c1-18-7-3-4-8-19(18)15-25-26-23-9-5-6-10-24(23)27(25)16-20(28)17-30-22-13-11-21(29-2)12-14-22/h3-14,20,28H,15-17H2,1-2H3. The van der Waals surface area contributed by atoms with Gasteiger partial charge >= 0.3 is 0 Å². The molecule has 0 aliphatic rings. The van der Waals surface area contributed by atoms with Crippen LogP contribution in [0.15, 0.2) is 72.8 Å². The van der Waals surface area contributed by atoms with E-state index in [0.717, 1.165) is 22.6 Å². The average Bonchev–Trinajstić information content (AvgIpc) is 3.11. The van der Waals surface area contributed by atoms with E-state index in [9.17, 15) is 5.11 Å². The third-order valence-electron chi connectivity index (χ3n) is 5.24. The van der Waals surface area contributed by atoms with Crippen LogP contribution in [0.5, 0.6) is 11.5 Å². The zero-order valence-electron chi connectivity index (χ0n) is 17.3. The van der Waals surface area contributed by atoms with Crippen molar-refractivity contribution in [2.75, 3.05) is 13.7 Å². The van der Waals surface area contributed by atoms with Gasteiger partial charge < -0.3 is 19.1 Å². The smallest absolute Gasteiger partial charge is 0.119 e. The summed E-state index contributed by atoms with van der Waals surface area (Å²) in [5.74, 6) is 2.41. The summed E-state index contributed by atoms with van der Waals surface area (Å²) in [4.78, 5) is 4.84. The van der Waals surface area contributed by atoms with Crippen LogP contribution in [0.1, 0.15) is 17.0 Å². The Labute approximate surface area is 176 Å². The van der Waals surface area contributed by atoms with Crippen molar-refractivity contribution in [2.45, 2.75) is 26.0 Å². The van der Waals surface area contributed by atoms with E-state index in [2.05, 4.69) is 23.6 Å². The van der Waals surface area contributed by atoms with Gasteiger partial charge in [0.2, 0.25) is 0 Å². The first kappa shape index (κ1) is 20.0. The zero-order chi connectivity index (χ0) is 20.9. The van der Waals surface area contributed by atoms with Crippen LogP contribution in [-0.2, 0) is 13.0 Å². The van der Waals surface area contributed by atoms with Gasteiger partial charge in [-0.15, -0.1) is 0 Å². The maximum Gasteiger partial charge on any atom is 0.119 e. The molecule has 5 heteroatoms. The number of aromatic nitrogens is 2. The number of benzene rings is 3. The molecular weight excluding hydrogens is 376 g/mol. The van der Waals surface area contributed by atoms with Crippen LogP contribution >= 0.6 is 0 Å². The second kappa shape index (κ2) is 9.01. The van der Waals surface area contributed by atoms with Crippen LogP contribution < -0.4 is 9.47 Å². The molecule has 1 aromatic heterocycles. The molecule has 4 aromatic rings. The summed E-state index contributed by atoms with van der Waals surface area (Å²) < 4.78 is 13.0. The monoisotopic (exact) mass is 402 g/mol. The molecule has 0 aliphatic carbocycles. The van der Waals surface area contributed by atoms with E-state index < -0.39 is 6.10 Å². The van der Waals surface area contributed by atoms with Gasteiger partial charge in [0.25, 0.3) is 0 Å². The van der Waals surface area contributed by atoms with E-state index >= 15 is 0 Å². The fraction of sp³-hybridized carbons (Fsp3) is 0.240. The lowest BCUT2D eigenvalue weighted by Gasteiger charge is -2.16.